The molecule has 1 fully saturated rings. The van der Waals surface area contributed by atoms with Gasteiger partial charge in [-0.1, -0.05) is 60.9 Å². The molecule has 4 heteroatoms. The third-order valence-corrected chi connectivity index (χ3v) is 4.69. The molecule has 1 aliphatic rings. The van der Waals surface area contributed by atoms with Crippen LogP contribution in [0.15, 0.2) is 54.6 Å². The minimum absolute atomic E-state index is 0.140. The Labute approximate surface area is 148 Å². The minimum Gasteiger partial charge on any atom is -0.351 e. The molecule has 2 amide bonds. The molecule has 0 spiro atoms. The summed E-state index contributed by atoms with van der Waals surface area (Å²) in [4.78, 5) is 25.4. The van der Waals surface area contributed by atoms with Gasteiger partial charge in [-0.25, -0.2) is 0 Å². The van der Waals surface area contributed by atoms with Crippen molar-refractivity contribution in [2.45, 2.75) is 44.7 Å². The maximum absolute atomic E-state index is 12.8. The van der Waals surface area contributed by atoms with Crippen molar-refractivity contribution in [3.05, 3.63) is 71.3 Å². The zero-order valence-electron chi connectivity index (χ0n) is 14.5. The highest BCUT2D eigenvalue weighted by molar-refractivity contribution is 5.97. The summed E-state index contributed by atoms with van der Waals surface area (Å²) in [6.45, 7) is 1.98. The number of aryl methyl sites for hydroxylation is 1. The quantitative estimate of drug-likeness (QED) is 0.877. The molecule has 1 aliphatic carbocycles. The molecule has 0 unspecified atom stereocenters. The molecule has 2 aromatic carbocycles. The Hall–Kier alpha value is -2.62. The fourth-order valence-electron chi connectivity index (χ4n) is 3.22. The normalized spacial score (nSPS) is 15.6. The lowest BCUT2D eigenvalue weighted by molar-refractivity contribution is -0.123. The predicted molar refractivity (Wildman–Crippen MR) is 98.2 cm³/mol. The molecule has 1 atom stereocenters. The summed E-state index contributed by atoms with van der Waals surface area (Å²) in [6, 6.07) is 16.3. The number of benzene rings is 2. The van der Waals surface area contributed by atoms with Crippen LogP contribution >= 0.6 is 0 Å². The number of carbonyl (C=O) groups is 2. The SMILES string of the molecule is Cc1ccc(C(=O)N[C@H](C(=O)NC2CCCC2)c2ccccc2)cc1. The van der Waals surface area contributed by atoms with Gasteiger partial charge in [-0.2, -0.15) is 0 Å². The lowest BCUT2D eigenvalue weighted by atomic mass is 10.0. The molecule has 1 saturated carbocycles. The Balaban J connectivity index is 1.77. The molecule has 2 aromatic rings. The topological polar surface area (TPSA) is 58.2 Å². The Kier molecular flexibility index (Phi) is 5.49. The van der Waals surface area contributed by atoms with Crippen LogP contribution in [-0.4, -0.2) is 17.9 Å². The summed E-state index contributed by atoms with van der Waals surface area (Å²) in [7, 11) is 0. The van der Waals surface area contributed by atoms with Crippen LogP contribution in [0.2, 0.25) is 0 Å². The van der Waals surface area contributed by atoms with E-state index in [2.05, 4.69) is 10.6 Å². The van der Waals surface area contributed by atoms with Crippen LogP contribution in [0.3, 0.4) is 0 Å². The Morgan fingerprint density at radius 1 is 0.960 bits per heavy atom. The van der Waals surface area contributed by atoms with Crippen LogP contribution in [0.5, 0.6) is 0 Å². The number of carbonyl (C=O) groups excluding carboxylic acids is 2. The zero-order chi connectivity index (χ0) is 17.6. The van der Waals surface area contributed by atoms with E-state index in [-0.39, 0.29) is 17.9 Å². The molecule has 0 aliphatic heterocycles. The first-order valence-electron chi connectivity index (χ1n) is 8.86. The average molecular weight is 336 g/mol. The first-order valence-corrected chi connectivity index (χ1v) is 8.86. The Morgan fingerprint density at radius 3 is 2.24 bits per heavy atom. The van der Waals surface area contributed by atoms with Crippen molar-refractivity contribution in [1.29, 1.82) is 0 Å². The summed E-state index contributed by atoms with van der Waals surface area (Å²) in [5.74, 6) is -0.381. The molecule has 0 bridgehead atoms. The van der Waals surface area contributed by atoms with Crippen molar-refractivity contribution in [2.75, 3.05) is 0 Å². The fraction of sp³-hybridized carbons (Fsp3) is 0.333. The van der Waals surface area contributed by atoms with Crippen molar-refractivity contribution < 1.29 is 9.59 Å². The third kappa shape index (κ3) is 4.47. The first kappa shape index (κ1) is 17.2. The van der Waals surface area contributed by atoms with Gasteiger partial charge < -0.3 is 10.6 Å². The maximum atomic E-state index is 12.8. The summed E-state index contributed by atoms with van der Waals surface area (Å²) in [5.41, 5.74) is 2.44. The molecule has 25 heavy (non-hydrogen) atoms. The van der Waals surface area contributed by atoms with Gasteiger partial charge >= 0.3 is 0 Å². The molecule has 4 nitrogen and oxygen atoms in total. The molecule has 0 saturated heterocycles. The number of rotatable bonds is 5. The van der Waals surface area contributed by atoms with Gasteiger partial charge in [0.1, 0.15) is 6.04 Å². The fourth-order valence-corrected chi connectivity index (χ4v) is 3.22. The second kappa shape index (κ2) is 7.97. The highest BCUT2D eigenvalue weighted by Crippen LogP contribution is 2.20. The summed E-state index contributed by atoms with van der Waals surface area (Å²) in [6.07, 6.45) is 4.33. The largest absolute Gasteiger partial charge is 0.351 e. The lowest BCUT2D eigenvalue weighted by Gasteiger charge is -2.21. The van der Waals surface area contributed by atoms with Gasteiger partial charge in [0.05, 0.1) is 0 Å². The number of amides is 2. The van der Waals surface area contributed by atoms with Crippen molar-refractivity contribution in [3.63, 3.8) is 0 Å². The van der Waals surface area contributed by atoms with E-state index in [1.165, 1.54) is 0 Å². The molecule has 0 radical (unpaired) electrons. The van der Waals surface area contributed by atoms with E-state index < -0.39 is 6.04 Å². The smallest absolute Gasteiger partial charge is 0.252 e. The van der Waals surface area contributed by atoms with Crippen LogP contribution < -0.4 is 10.6 Å². The molecular formula is C21H24N2O2. The number of hydrogen-bond donors (Lipinski definition) is 2. The number of nitrogens with one attached hydrogen (secondary N) is 2. The minimum atomic E-state index is -0.685. The van der Waals surface area contributed by atoms with E-state index in [1.54, 1.807) is 12.1 Å². The van der Waals surface area contributed by atoms with Gasteiger partial charge in [0, 0.05) is 11.6 Å². The van der Waals surface area contributed by atoms with Crippen molar-refractivity contribution in [3.8, 4) is 0 Å². The standard InChI is InChI=1S/C21H24N2O2/c1-15-11-13-17(14-12-15)20(24)23-19(16-7-3-2-4-8-16)21(25)22-18-9-5-6-10-18/h2-4,7-8,11-14,18-19H,5-6,9-10H2,1H3,(H,22,25)(H,23,24)/t19-/m0/s1. The Bertz CT molecular complexity index is 719. The van der Waals surface area contributed by atoms with Gasteiger partial charge in [-0.3, -0.25) is 9.59 Å². The van der Waals surface area contributed by atoms with Crippen LogP contribution in [0.4, 0.5) is 0 Å². The van der Waals surface area contributed by atoms with E-state index in [4.69, 9.17) is 0 Å². The van der Waals surface area contributed by atoms with Gasteiger partial charge in [-0.05, 0) is 37.5 Å². The van der Waals surface area contributed by atoms with E-state index in [0.717, 1.165) is 36.8 Å². The molecule has 130 valence electrons. The molecule has 0 heterocycles. The summed E-state index contributed by atoms with van der Waals surface area (Å²) < 4.78 is 0. The van der Waals surface area contributed by atoms with Crippen molar-refractivity contribution in [1.82, 2.24) is 10.6 Å². The van der Waals surface area contributed by atoms with Crippen LogP contribution in [-0.2, 0) is 4.79 Å². The Morgan fingerprint density at radius 2 is 1.60 bits per heavy atom. The second-order valence-corrected chi connectivity index (χ2v) is 6.67. The van der Waals surface area contributed by atoms with E-state index in [1.807, 2.05) is 49.4 Å². The van der Waals surface area contributed by atoms with Gasteiger partial charge in [-0.15, -0.1) is 0 Å². The second-order valence-electron chi connectivity index (χ2n) is 6.67. The maximum Gasteiger partial charge on any atom is 0.252 e. The van der Waals surface area contributed by atoms with Crippen molar-refractivity contribution >= 4 is 11.8 Å². The molecule has 2 N–H and O–H groups in total. The van der Waals surface area contributed by atoms with E-state index in [0.29, 0.717) is 5.56 Å². The van der Waals surface area contributed by atoms with Crippen LogP contribution in [0, 0.1) is 6.92 Å². The highest BCUT2D eigenvalue weighted by atomic mass is 16.2. The molecule has 3 rings (SSSR count). The first-order chi connectivity index (χ1) is 12.1. The van der Waals surface area contributed by atoms with Gasteiger partial charge in [0.2, 0.25) is 5.91 Å². The van der Waals surface area contributed by atoms with Crippen LogP contribution in [0.1, 0.15) is 53.2 Å². The van der Waals surface area contributed by atoms with Gasteiger partial charge in [0.15, 0.2) is 0 Å². The predicted octanol–water partition coefficient (Wildman–Crippen LogP) is 3.52. The number of hydrogen-bond acceptors (Lipinski definition) is 2. The van der Waals surface area contributed by atoms with Gasteiger partial charge in [0.25, 0.3) is 5.91 Å². The molecular weight excluding hydrogens is 312 g/mol. The lowest BCUT2D eigenvalue weighted by Crippen LogP contribution is -2.43. The van der Waals surface area contributed by atoms with E-state index >= 15 is 0 Å². The summed E-state index contributed by atoms with van der Waals surface area (Å²) in [5, 5.41) is 5.98. The molecule has 0 aromatic heterocycles. The highest BCUT2D eigenvalue weighted by Gasteiger charge is 2.26. The van der Waals surface area contributed by atoms with Crippen molar-refractivity contribution in [2.24, 2.45) is 0 Å². The average Bonchev–Trinajstić information content (AvgIpc) is 3.13. The third-order valence-electron chi connectivity index (χ3n) is 4.69. The van der Waals surface area contributed by atoms with Crippen LogP contribution in [0.25, 0.3) is 0 Å². The van der Waals surface area contributed by atoms with E-state index in [9.17, 15) is 9.59 Å². The monoisotopic (exact) mass is 336 g/mol. The summed E-state index contributed by atoms with van der Waals surface area (Å²) >= 11 is 0. The zero-order valence-corrected chi connectivity index (χ0v) is 14.5.